The third-order valence-electron chi connectivity index (χ3n) is 8.39. The number of likely N-dealkylation sites (tertiary alicyclic amines) is 1. The minimum absolute atomic E-state index is 0.00448. The number of nitrogens with one attached hydrogen (secondary N) is 1. The van der Waals surface area contributed by atoms with E-state index in [0.717, 1.165) is 84.5 Å². The summed E-state index contributed by atoms with van der Waals surface area (Å²) in [5.74, 6) is 0.789. The van der Waals surface area contributed by atoms with Crippen molar-refractivity contribution >= 4 is 22.6 Å². The molecule has 0 bridgehead atoms. The van der Waals surface area contributed by atoms with Crippen molar-refractivity contribution in [1.29, 1.82) is 5.26 Å². The topological polar surface area (TPSA) is 88.9 Å². The van der Waals surface area contributed by atoms with Gasteiger partial charge in [-0.3, -0.25) is 9.89 Å². The lowest BCUT2D eigenvalue weighted by Crippen LogP contribution is -2.59. The number of H-pyrrole nitrogens is 1. The van der Waals surface area contributed by atoms with Crippen LogP contribution < -0.4 is 4.90 Å². The first-order chi connectivity index (χ1) is 16.8. The molecule has 2 aliphatic heterocycles. The molecule has 2 aromatic heterocycles. The zero-order valence-corrected chi connectivity index (χ0v) is 20.6. The van der Waals surface area contributed by atoms with Gasteiger partial charge in [0.05, 0.1) is 17.4 Å². The fourth-order valence-electron chi connectivity index (χ4n) is 6.46. The number of hydrogen-bond acceptors (Lipinski definition) is 5. The number of carbonyl (C=O) groups is 1. The molecule has 178 valence electrons. The molecule has 0 atom stereocenters. The number of amides is 1. The monoisotopic (exact) mass is 466 g/mol. The highest BCUT2D eigenvalue weighted by Crippen LogP contribution is 2.49. The number of fused-ring (bicyclic) bond motifs is 2. The van der Waals surface area contributed by atoms with Gasteiger partial charge in [-0.2, -0.15) is 10.4 Å². The summed E-state index contributed by atoms with van der Waals surface area (Å²) in [6, 6.07) is 6.73. The maximum Gasteiger partial charge on any atom is 0.245 e. The third-order valence-corrected chi connectivity index (χ3v) is 8.39. The van der Waals surface area contributed by atoms with E-state index in [0.29, 0.717) is 5.56 Å². The van der Waals surface area contributed by atoms with Crippen molar-refractivity contribution in [3.63, 3.8) is 0 Å². The first-order valence-corrected chi connectivity index (χ1v) is 12.3. The van der Waals surface area contributed by atoms with Crippen molar-refractivity contribution in [1.82, 2.24) is 20.1 Å². The fourth-order valence-corrected chi connectivity index (χ4v) is 6.46. The van der Waals surface area contributed by atoms with Gasteiger partial charge in [0.2, 0.25) is 5.91 Å². The number of benzene rings is 1. The van der Waals surface area contributed by atoms with E-state index in [9.17, 15) is 10.1 Å². The molecule has 7 nitrogen and oxygen atoms in total. The van der Waals surface area contributed by atoms with Gasteiger partial charge in [-0.1, -0.05) is 26.5 Å². The smallest absolute Gasteiger partial charge is 0.245 e. The highest BCUT2D eigenvalue weighted by Gasteiger charge is 2.50. The van der Waals surface area contributed by atoms with Crippen LogP contribution in [0.1, 0.15) is 49.1 Å². The molecule has 0 radical (unpaired) electrons. The lowest BCUT2D eigenvalue weighted by molar-refractivity contribution is -0.136. The Morgan fingerprint density at radius 3 is 2.77 bits per heavy atom. The summed E-state index contributed by atoms with van der Waals surface area (Å²) in [7, 11) is 0. The first-order valence-electron chi connectivity index (χ1n) is 12.3. The van der Waals surface area contributed by atoms with Crippen LogP contribution in [-0.2, 0) is 16.6 Å². The van der Waals surface area contributed by atoms with Crippen LogP contribution in [-0.4, -0.2) is 52.2 Å². The molecule has 1 aliphatic carbocycles. The maximum absolute atomic E-state index is 12.0. The Balaban J connectivity index is 1.51. The van der Waals surface area contributed by atoms with Gasteiger partial charge < -0.3 is 9.80 Å². The molecule has 0 unspecified atom stereocenters. The van der Waals surface area contributed by atoms with Crippen molar-refractivity contribution in [3.8, 4) is 17.2 Å². The van der Waals surface area contributed by atoms with Gasteiger partial charge in [0, 0.05) is 48.0 Å². The highest BCUT2D eigenvalue weighted by molar-refractivity contribution is 6.00. The molecule has 4 heterocycles. The lowest BCUT2D eigenvalue weighted by Gasteiger charge is -2.47. The molecule has 2 saturated heterocycles. The number of rotatable bonds is 3. The molecule has 1 N–H and O–H groups in total. The van der Waals surface area contributed by atoms with Gasteiger partial charge in [0.1, 0.15) is 17.5 Å². The van der Waals surface area contributed by atoms with Crippen LogP contribution in [0.4, 0.5) is 5.82 Å². The van der Waals surface area contributed by atoms with Crippen LogP contribution in [0.25, 0.3) is 22.0 Å². The molecule has 1 aromatic carbocycles. The van der Waals surface area contributed by atoms with Crippen LogP contribution in [0.2, 0.25) is 0 Å². The predicted molar refractivity (Wildman–Crippen MR) is 136 cm³/mol. The first kappa shape index (κ1) is 21.8. The molecule has 0 saturated carbocycles. The minimum Gasteiger partial charge on any atom is -0.355 e. The SMILES string of the molecule is C=CC(=O)N1CC2(CCN(c3nc4c(c(-c5c(C)ccc6[nH]ncc56)c3C#N)CCC4(C)C)C2)C1. The number of nitrogens with zero attached hydrogens (tertiary/aromatic N) is 5. The number of carbonyl (C=O) groups excluding carboxylic acids is 1. The zero-order valence-electron chi connectivity index (χ0n) is 20.6. The van der Waals surface area contributed by atoms with E-state index in [1.54, 1.807) is 0 Å². The van der Waals surface area contributed by atoms with Crippen molar-refractivity contribution in [2.45, 2.75) is 45.4 Å². The van der Waals surface area contributed by atoms with E-state index in [1.807, 2.05) is 11.1 Å². The lowest BCUT2D eigenvalue weighted by atomic mass is 9.79. The van der Waals surface area contributed by atoms with Crippen molar-refractivity contribution in [2.75, 3.05) is 31.1 Å². The molecular formula is C28H30N6O. The second kappa shape index (κ2) is 7.42. The Labute approximate surface area is 205 Å². The molecule has 7 heteroatoms. The summed E-state index contributed by atoms with van der Waals surface area (Å²) < 4.78 is 0. The molecule has 1 spiro atoms. The summed E-state index contributed by atoms with van der Waals surface area (Å²) in [4.78, 5) is 21.4. The summed E-state index contributed by atoms with van der Waals surface area (Å²) in [6.45, 7) is 13.4. The highest BCUT2D eigenvalue weighted by atomic mass is 16.2. The number of hydrogen-bond donors (Lipinski definition) is 1. The summed E-state index contributed by atoms with van der Waals surface area (Å²) >= 11 is 0. The predicted octanol–water partition coefficient (Wildman–Crippen LogP) is 4.25. The fraction of sp³-hybridized carbons (Fsp3) is 0.429. The Kier molecular flexibility index (Phi) is 4.63. The largest absolute Gasteiger partial charge is 0.355 e. The van der Waals surface area contributed by atoms with Gasteiger partial charge in [-0.05, 0) is 55.0 Å². The van der Waals surface area contributed by atoms with E-state index < -0.39 is 0 Å². The minimum atomic E-state index is -0.0495. The molecule has 3 aromatic rings. The van der Waals surface area contributed by atoms with Crippen LogP contribution in [0, 0.1) is 23.7 Å². The maximum atomic E-state index is 12.0. The van der Waals surface area contributed by atoms with Gasteiger partial charge in [0.25, 0.3) is 0 Å². The van der Waals surface area contributed by atoms with Gasteiger partial charge in [-0.25, -0.2) is 4.98 Å². The molecule has 1 amide bonds. The van der Waals surface area contributed by atoms with E-state index in [-0.39, 0.29) is 16.7 Å². The average molecular weight is 467 g/mol. The van der Waals surface area contributed by atoms with Crippen LogP contribution in [0.5, 0.6) is 0 Å². The number of pyridine rings is 1. The Morgan fingerprint density at radius 2 is 2.03 bits per heavy atom. The number of nitriles is 1. The summed E-state index contributed by atoms with van der Waals surface area (Å²) in [6.07, 6.45) is 6.18. The molecule has 6 rings (SSSR count). The number of anilines is 1. The van der Waals surface area contributed by atoms with Crippen LogP contribution in [0.15, 0.2) is 31.0 Å². The Morgan fingerprint density at radius 1 is 1.23 bits per heavy atom. The second-order valence-electron chi connectivity index (χ2n) is 11.2. The van der Waals surface area contributed by atoms with Crippen LogP contribution in [0.3, 0.4) is 0 Å². The van der Waals surface area contributed by atoms with E-state index in [4.69, 9.17) is 4.98 Å². The van der Waals surface area contributed by atoms with Crippen molar-refractivity contribution in [3.05, 3.63) is 53.4 Å². The van der Waals surface area contributed by atoms with Crippen molar-refractivity contribution < 1.29 is 4.79 Å². The van der Waals surface area contributed by atoms with Crippen molar-refractivity contribution in [2.24, 2.45) is 5.41 Å². The molecule has 35 heavy (non-hydrogen) atoms. The van der Waals surface area contributed by atoms with Crippen LogP contribution >= 0.6 is 0 Å². The molecular weight excluding hydrogens is 436 g/mol. The zero-order chi connectivity index (χ0) is 24.5. The van der Waals surface area contributed by atoms with E-state index in [1.165, 1.54) is 11.6 Å². The summed E-state index contributed by atoms with van der Waals surface area (Å²) in [5, 5.41) is 19.0. The molecule has 2 fully saturated rings. The Bertz CT molecular complexity index is 1440. The van der Waals surface area contributed by atoms with Gasteiger partial charge in [-0.15, -0.1) is 0 Å². The number of aryl methyl sites for hydroxylation is 1. The second-order valence-corrected chi connectivity index (χ2v) is 11.2. The molecule has 3 aliphatic rings. The summed E-state index contributed by atoms with van der Waals surface area (Å²) in [5.41, 5.74) is 7.22. The van der Waals surface area contributed by atoms with E-state index >= 15 is 0 Å². The quantitative estimate of drug-likeness (QED) is 0.583. The Hall–Kier alpha value is -3.66. The average Bonchev–Trinajstić information content (AvgIpc) is 3.54. The van der Waals surface area contributed by atoms with Gasteiger partial charge >= 0.3 is 0 Å². The standard InChI is InChI=1S/C28H30N6O/c1-5-22(35)34-15-28(16-34)10-11-33(14-28)26-19(12-29)24(18-8-9-27(3,4)25(18)31-26)23-17(2)6-7-21-20(23)13-30-32-21/h5-7,13H,1,8-11,14-16H2,2-4H3,(H,30,32). The number of aromatic nitrogens is 3. The number of aromatic amines is 1. The van der Waals surface area contributed by atoms with E-state index in [2.05, 4.69) is 60.6 Å². The third kappa shape index (κ3) is 3.12. The van der Waals surface area contributed by atoms with Gasteiger partial charge in [0.15, 0.2) is 0 Å². The normalized spacial score (nSPS) is 19.6.